The van der Waals surface area contributed by atoms with Gasteiger partial charge in [-0.15, -0.1) is 0 Å². The predicted octanol–water partition coefficient (Wildman–Crippen LogP) is 0.617. The zero-order chi connectivity index (χ0) is 12.2. The average molecular weight is 246 g/mol. The van der Waals surface area contributed by atoms with E-state index in [9.17, 15) is 0 Å². The highest BCUT2D eigenvalue weighted by Gasteiger charge is 2.06. The number of hydrogen-bond acceptors (Lipinski definition) is 4. The second-order valence-electron chi connectivity index (χ2n) is 3.87. The molecule has 0 fully saturated rings. The number of nitrogens with one attached hydrogen (secondary N) is 1. The topological polar surface area (TPSA) is 33.7 Å². The van der Waals surface area contributed by atoms with Crippen LogP contribution in [-0.4, -0.2) is 68.3 Å². The standard InChI is InChI=1S/C11H26N2O2Si/c1-12-7-5-8-13(2)9-6-10-16-11(14-3)15-4/h11-12H,5-10H2,1-4H3. The van der Waals surface area contributed by atoms with Crippen LogP contribution in [0.5, 0.6) is 0 Å². The maximum absolute atomic E-state index is 5.15. The van der Waals surface area contributed by atoms with Gasteiger partial charge in [0.05, 0.1) is 0 Å². The molecule has 0 aromatic heterocycles. The van der Waals surface area contributed by atoms with Crippen molar-refractivity contribution in [3.05, 3.63) is 0 Å². The predicted molar refractivity (Wildman–Crippen MR) is 69.0 cm³/mol. The summed E-state index contributed by atoms with van der Waals surface area (Å²) in [6.07, 6.45) is 2.44. The molecule has 0 aromatic rings. The number of hydrogen-bond donors (Lipinski definition) is 1. The molecule has 16 heavy (non-hydrogen) atoms. The molecule has 2 radical (unpaired) electrons. The Labute approximate surface area is 102 Å². The summed E-state index contributed by atoms with van der Waals surface area (Å²) in [5.74, 6) is -0.00500. The monoisotopic (exact) mass is 246 g/mol. The fourth-order valence-electron chi connectivity index (χ4n) is 1.47. The Morgan fingerprint density at radius 1 is 1.19 bits per heavy atom. The van der Waals surface area contributed by atoms with Crippen LogP contribution in [0, 0.1) is 0 Å². The third kappa shape index (κ3) is 9.29. The van der Waals surface area contributed by atoms with Gasteiger partial charge in [-0.1, -0.05) is 6.04 Å². The number of methoxy groups -OCH3 is 2. The smallest absolute Gasteiger partial charge is 0.136 e. The lowest BCUT2D eigenvalue weighted by molar-refractivity contribution is -0.0441. The van der Waals surface area contributed by atoms with Crippen LogP contribution in [0.3, 0.4) is 0 Å². The molecule has 0 aliphatic carbocycles. The third-order valence-corrected chi connectivity index (χ3v) is 3.87. The molecule has 0 aromatic carbocycles. The van der Waals surface area contributed by atoms with Gasteiger partial charge in [-0.25, -0.2) is 0 Å². The van der Waals surface area contributed by atoms with E-state index in [4.69, 9.17) is 9.47 Å². The number of rotatable bonds is 11. The first-order chi connectivity index (χ1) is 7.74. The van der Waals surface area contributed by atoms with Crippen molar-refractivity contribution in [3.8, 4) is 0 Å². The first-order valence-corrected chi connectivity index (χ1v) is 7.15. The zero-order valence-corrected chi connectivity index (χ0v) is 12.1. The minimum Gasteiger partial charge on any atom is -0.360 e. The van der Waals surface area contributed by atoms with Crippen LogP contribution in [0.4, 0.5) is 0 Å². The molecule has 0 aliphatic rings. The van der Waals surface area contributed by atoms with Gasteiger partial charge < -0.3 is 19.7 Å². The van der Waals surface area contributed by atoms with Crippen LogP contribution in [0.15, 0.2) is 0 Å². The molecular formula is C11H26N2O2Si. The van der Waals surface area contributed by atoms with Gasteiger partial charge in [0.1, 0.15) is 15.4 Å². The summed E-state index contributed by atoms with van der Waals surface area (Å²) in [5.41, 5.74) is 0. The van der Waals surface area contributed by atoms with E-state index < -0.39 is 0 Å². The highest BCUT2D eigenvalue weighted by atomic mass is 28.2. The van der Waals surface area contributed by atoms with Crippen molar-refractivity contribution in [1.82, 2.24) is 10.2 Å². The van der Waals surface area contributed by atoms with Crippen LogP contribution in [-0.2, 0) is 9.47 Å². The van der Waals surface area contributed by atoms with Crippen LogP contribution in [0.1, 0.15) is 12.8 Å². The highest BCUT2D eigenvalue weighted by molar-refractivity contribution is 6.36. The van der Waals surface area contributed by atoms with Crippen molar-refractivity contribution >= 4 is 9.52 Å². The van der Waals surface area contributed by atoms with Gasteiger partial charge in [0.25, 0.3) is 0 Å². The molecule has 0 rings (SSSR count). The zero-order valence-electron chi connectivity index (χ0n) is 11.1. The minimum atomic E-state index is -0.00500. The lowest BCUT2D eigenvalue weighted by Crippen LogP contribution is -2.25. The van der Waals surface area contributed by atoms with Crippen molar-refractivity contribution in [2.75, 3.05) is 47.9 Å². The summed E-state index contributed by atoms with van der Waals surface area (Å²) in [5, 5.41) is 3.16. The van der Waals surface area contributed by atoms with Crippen molar-refractivity contribution in [3.63, 3.8) is 0 Å². The Balaban J connectivity index is 3.29. The second kappa shape index (κ2) is 11.5. The second-order valence-corrected chi connectivity index (χ2v) is 5.25. The van der Waals surface area contributed by atoms with E-state index in [2.05, 4.69) is 17.3 Å². The van der Waals surface area contributed by atoms with Gasteiger partial charge in [0.15, 0.2) is 0 Å². The van der Waals surface area contributed by atoms with Crippen molar-refractivity contribution in [2.45, 2.75) is 24.8 Å². The van der Waals surface area contributed by atoms with E-state index in [1.54, 1.807) is 14.2 Å². The Hall–Kier alpha value is 0.0569. The van der Waals surface area contributed by atoms with E-state index in [1.165, 1.54) is 25.4 Å². The Morgan fingerprint density at radius 3 is 2.38 bits per heavy atom. The van der Waals surface area contributed by atoms with E-state index in [-0.39, 0.29) is 5.91 Å². The van der Waals surface area contributed by atoms with Crippen LogP contribution in [0.25, 0.3) is 0 Å². The summed E-state index contributed by atoms with van der Waals surface area (Å²) in [6.45, 7) is 3.43. The highest BCUT2D eigenvalue weighted by Crippen LogP contribution is 1.98. The van der Waals surface area contributed by atoms with Crippen LogP contribution >= 0.6 is 0 Å². The first-order valence-electron chi connectivity index (χ1n) is 5.86. The third-order valence-electron chi connectivity index (χ3n) is 2.42. The molecule has 5 heteroatoms. The van der Waals surface area contributed by atoms with Gasteiger partial charge in [-0.05, 0) is 46.6 Å². The molecule has 0 heterocycles. The summed E-state index contributed by atoms with van der Waals surface area (Å²) < 4.78 is 10.3. The van der Waals surface area contributed by atoms with Gasteiger partial charge in [-0.3, -0.25) is 0 Å². The molecule has 0 aliphatic heterocycles. The van der Waals surface area contributed by atoms with Gasteiger partial charge in [-0.2, -0.15) is 0 Å². The quantitative estimate of drug-likeness (QED) is 0.329. The molecule has 0 unspecified atom stereocenters. The van der Waals surface area contributed by atoms with Gasteiger partial charge >= 0.3 is 0 Å². The molecule has 0 saturated heterocycles. The first kappa shape index (κ1) is 16.1. The maximum atomic E-state index is 5.15. The van der Waals surface area contributed by atoms with E-state index in [0.29, 0.717) is 0 Å². The summed E-state index contributed by atoms with van der Waals surface area (Å²) in [4.78, 5) is 2.39. The summed E-state index contributed by atoms with van der Waals surface area (Å²) in [6, 6.07) is 1.18. The molecule has 0 amide bonds. The summed E-state index contributed by atoms with van der Waals surface area (Å²) >= 11 is 0. The molecule has 0 spiro atoms. The molecule has 0 bridgehead atoms. The van der Waals surface area contributed by atoms with Gasteiger partial charge in [0, 0.05) is 14.2 Å². The van der Waals surface area contributed by atoms with E-state index >= 15 is 0 Å². The largest absolute Gasteiger partial charge is 0.360 e. The minimum absolute atomic E-state index is 0.00500. The molecule has 0 atom stereocenters. The maximum Gasteiger partial charge on any atom is 0.136 e. The van der Waals surface area contributed by atoms with Crippen LogP contribution < -0.4 is 5.32 Å². The van der Waals surface area contributed by atoms with Crippen molar-refractivity contribution in [1.29, 1.82) is 0 Å². The summed E-state index contributed by atoms with van der Waals surface area (Å²) in [7, 11) is 8.32. The Morgan fingerprint density at radius 2 is 1.81 bits per heavy atom. The lowest BCUT2D eigenvalue weighted by Gasteiger charge is -2.17. The van der Waals surface area contributed by atoms with Gasteiger partial charge in [0.2, 0.25) is 0 Å². The Kier molecular flexibility index (Phi) is 11.6. The van der Waals surface area contributed by atoms with E-state index in [1.807, 2.05) is 7.05 Å². The fourth-order valence-corrected chi connectivity index (χ4v) is 2.40. The Bertz CT molecular complexity index is 146. The number of nitrogens with zero attached hydrogens (tertiary/aromatic N) is 1. The van der Waals surface area contributed by atoms with Crippen molar-refractivity contribution in [2.24, 2.45) is 0 Å². The average Bonchev–Trinajstić information content (AvgIpc) is 2.30. The molecular weight excluding hydrogens is 220 g/mol. The van der Waals surface area contributed by atoms with Crippen LogP contribution in [0.2, 0.25) is 6.04 Å². The SMILES string of the molecule is CNCCCN(C)CCC[Si]C(OC)OC. The fraction of sp³-hybridized carbons (Fsp3) is 1.00. The normalized spacial score (nSPS) is 11.6. The lowest BCUT2D eigenvalue weighted by atomic mass is 10.3. The molecule has 1 N–H and O–H groups in total. The van der Waals surface area contributed by atoms with E-state index in [0.717, 1.165) is 22.6 Å². The molecule has 4 nitrogen and oxygen atoms in total. The molecule has 0 saturated carbocycles. The number of ether oxygens (including phenoxy) is 2. The van der Waals surface area contributed by atoms with Crippen molar-refractivity contribution < 1.29 is 9.47 Å². The molecule has 96 valence electrons.